The van der Waals surface area contributed by atoms with Crippen LogP contribution in [0.2, 0.25) is 0 Å². The van der Waals surface area contributed by atoms with Crippen molar-refractivity contribution >= 4 is 5.91 Å². The van der Waals surface area contributed by atoms with Gasteiger partial charge in [-0.1, -0.05) is 12.1 Å². The second-order valence-electron chi connectivity index (χ2n) is 6.07. The number of hydrogen-bond donors (Lipinski definition) is 1. The fraction of sp³-hybridized carbons (Fsp3) is 0.500. The number of halogens is 1. The number of carbonyl (C=O) groups excluding carboxylic acids is 1. The van der Waals surface area contributed by atoms with Crippen LogP contribution in [0.5, 0.6) is 0 Å². The average Bonchev–Trinajstić information content (AvgIpc) is 3.43. The van der Waals surface area contributed by atoms with E-state index in [9.17, 15) is 9.18 Å². The third kappa shape index (κ3) is 4.33. The Balaban J connectivity index is 1.71. The van der Waals surface area contributed by atoms with Gasteiger partial charge < -0.3 is 19.5 Å². The lowest BCUT2D eigenvalue weighted by Crippen LogP contribution is -2.29. The molecule has 2 heterocycles. The molecule has 0 saturated carbocycles. The number of ether oxygens (including phenoxy) is 2. The molecule has 130 valence electrons. The molecule has 1 aromatic carbocycles. The van der Waals surface area contributed by atoms with E-state index in [0.717, 1.165) is 25.1 Å². The van der Waals surface area contributed by atoms with Crippen LogP contribution in [0.3, 0.4) is 0 Å². The lowest BCUT2D eigenvalue weighted by atomic mass is 9.93. The summed E-state index contributed by atoms with van der Waals surface area (Å²) < 4.78 is 24.6. The van der Waals surface area contributed by atoms with E-state index in [2.05, 4.69) is 0 Å². The van der Waals surface area contributed by atoms with Crippen molar-refractivity contribution in [3.8, 4) is 0 Å². The van der Waals surface area contributed by atoms with E-state index >= 15 is 0 Å². The maximum Gasteiger partial charge on any atom is 0.288 e. The van der Waals surface area contributed by atoms with Crippen LogP contribution in [0.25, 0.3) is 0 Å². The fourth-order valence-corrected chi connectivity index (χ4v) is 2.69. The van der Waals surface area contributed by atoms with Crippen LogP contribution in [0.15, 0.2) is 36.1 Å². The van der Waals surface area contributed by atoms with E-state index in [0.29, 0.717) is 25.2 Å². The first-order chi connectivity index (χ1) is 11.7. The molecule has 1 fully saturated rings. The van der Waals surface area contributed by atoms with E-state index in [1.165, 1.54) is 12.1 Å². The number of allylic oxidation sites excluding steroid dienone is 1. The second kappa shape index (κ2) is 7.77. The summed E-state index contributed by atoms with van der Waals surface area (Å²) in [5, 5.41) is 8.82. The van der Waals surface area contributed by atoms with Gasteiger partial charge in [0, 0.05) is 32.0 Å². The molecule has 1 N–H and O–H groups in total. The Hall–Kier alpha value is -1.92. The van der Waals surface area contributed by atoms with Gasteiger partial charge >= 0.3 is 0 Å². The van der Waals surface area contributed by atoms with Crippen LogP contribution in [-0.2, 0) is 14.3 Å². The summed E-state index contributed by atoms with van der Waals surface area (Å²) in [5.74, 6) is -0.154. The van der Waals surface area contributed by atoms with Crippen molar-refractivity contribution in [3.63, 3.8) is 0 Å². The molecule has 1 aromatic rings. The number of hydrogen-bond acceptors (Lipinski definition) is 4. The number of amides is 1. The zero-order valence-corrected chi connectivity index (χ0v) is 13.5. The Kier molecular flexibility index (Phi) is 5.48. The first-order valence-corrected chi connectivity index (χ1v) is 8.33. The molecule has 1 saturated heterocycles. The molecule has 0 unspecified atom stereocenters. The van der Waals surface area contributed by atoms with Gasteiger partial charge in [0.15, 0.2) is 5.76 Å². The molecule has 1 amide bonds. The Bertz CT molecular complexity index is 598. The Morgan fingerprint density at radius 2 is 2.04 bits per heavy atom. The summed E-state index contributed by atoms with van der Waals surface area (Å²) in [7, 11) is 0. The van der Waals surface area contributed by atoms with Gasteiger partial charge in [-0.3, -0.25) is 4.79 Å². The highest BCUT2D eigenvalue weighted by molar-refractivity contribution is 5.93. The van der Waals surface area contributed by atoms with Crippen molar-refractivity contribution in [2.45, 2.75) is 31.5 Å². The number of nitrogens with zero attached hydrogens (tertiary/aromatic N) is 1. The molecule has 24 heavy (non-hydrogen) atoms. The van der Waals surface area contributed by atoms with Gasteiger partial charge in [-0.25, -0.2) is 4.39 Å². The minimum Gasteiger partial charge on any atom is -0.459 e. The van der Waals surface area contributed by atoms with Crippen molar-refractivity contribution in [2.24, 2.45) is 0 Å². The molecule has 0 spiro atoms. The van der Waals surface area contributed by atoms with E-state index in [-0.39, 0.29) is 24.2 Å². The van der Waals surface area contributed by atoms with Gasteiger partial charge in [0.05, 0.1) is 6.61 Å². The summed E-state index contributed by atoms with van der Waals surface area (Å²) >= 11 is 0. The van der Waals surface area contributed by atoms with Gasteiger partial charge in [0.2, 0.25) is 6.29 Å². The quantitative estimate of drug-likeness (QED) is 0.613. The molecule has 0 aliphatic carbocycles. The molecule has 5 nitrogen and oxygen atoms in total. The van der Waals surface area contributed by atoms with Gasteiger partial charge in [-0.05, 0) is 36.6 Å². The maximum atomic E-state index is 13.1. The van der Waals surface area contributed by atoms with E-state index in [4.69, 9.17) is 14.6 Å². The average molecular weight is 335 g/mol. The molecule has 0 bridgehead atoms. The zero-order chi connectivity index (χ0) is 16.9. The van der Waals surface area contributed by atoms with Crippen molar-refractivity contribution in [1.82, 2.24) is 4.90 Å². The van der Waals surface area contributed by atoms with Gasteiger partial charge in [0.25, 0.3) is 5.91 Å². The highest BCUT2D eigenvalue weighted by Gasteiger charge is 2.34. The molecule has 2 atom stereocenters. The molecule has 0 radical (unpaired) electrons. The van der Waals surface area contributed by atoms with Crippen molar-refractivity contribution in [1.29, 1.82) is 0 Å². The van der Waals surface area contributed by atoms with Crippen molar-refractivity contribution in [2.75, 3.05) is 26.3 Å². The molecular formula is C18H22FNO4. The topological polar surface area (TPSA) is 58.8 Å². The maximum absolute atomic E-state index is 13.1. The predicted molar refractivity (Wildman–Crippen MR) is 85.6 cm³/mol. The van der Waals surface area contributed by atoms with Crippen LogP contribution >= 0.6 is 0 Å². The van der Waals surface area contributed by atoms with Crippen LogP contribution in [0, 0.1) is 5.82 Å². The fourth-order valence-electron chi connectivity index (χ4n) is 2.69. The predicted octanol–water partition coefficient (Wildman–Crippen LogP) is 2.17. The Morgan fingerprint density at radius 3 is 2.71 bits per heavy atom. The molecule has 2 aliphatic heterocycles. The number of carbonyl (C=O) groups is 1. The number of rotatable bonds is 7. The van der Waals surface area contributed by atoms with Crippen LogP contribution < -0.4 is 0 Å². The Morgan fingerprint density at radius 1 is 1.29 bits per heavy atom. The van der Waals surface area contributed by atoms with Crippen LogP contribution in [0.4, 0.5) is 4.39 Å². The van der Waals surface area contributed by atoms with E-state index in [1.54, 1.807) is 17.0 Å². The minimum absolute atomic E-state index is 0.0545. The lowest BCUT2D eigenvalue weighted by molar-refractivity contribution is -0.149. The first kappa shape index (κ1) is 16.9. The Labute approximate surface area is 140 Å². The summed E-state index contributed by atoms with van der Waals surface area (Å²) in [5.41, 5.74) is 0.930. The van der Waals surface area contributed by atoms with E-state index in [1.807, 2.05) is 6.08 Å². The highest BCUT2D eigenvalue weighted by atomic mass is 19.1. The molecule has 3 rings (SSSR count). The molecule has 0 aromatic heterocycles. The van der Waals surface area contributed by atoms with Crippen LogP contribution in [-0.4, -0.2) is 48.5 Å². The molecular weight excluding hydrogens is 313 g/mol. The van der Waals surface area contributed by atoms with Gasteiger partial charge in [0.1, 0.15) is 5.82 Å². The second-order valence-corrected chi connectivity index (χ2v) is 6.07. The van der Waals surface area contributed by atoms with Crippen molar-refractivity contribution in [3.05, 3.63) is 47.5 Å². The third-order valence-electron chi connectivity index (χ3n) is 4.16. The standard InChI is InChI=1S/C18H22FNO4/c19-15-5-3-13(4-6-15)14-11-16(18(22)20-7-8-20)24-17(12-14)23-10-2-1-9-21/h3-6,11,14,17,21H,1-2,7-10,12H2/t14-,17+/m1/s1. The summed E-state index contributed by atoms with van der Waals surface area (Å²) in [6.07, 6.45) is 3.27. The lowest BCUT2D eigenvalue weighted by Gasteiger charge is -2.29. The zero-order valence-electron chi connectivity index (χ0n) is 13.5. The van der Waals surface area contributed by atoms with E-state index < -0.39 is 6.29 Å². The molecule has 6 heteroatoms. The minimum atomic E-state index is -0.511. The highest BCUT2D eigenvalue weighted by Crippen LogP contribution is 2.32. The van der Waals surface area contributed by atoms with Gasteiger partial charge in [-0.15, -0.1) is 0 Å². The van der Waals surface area contributed by atoms with Crippen molar-refractivity contribution < 1.29 is 23.8 Å². The van der Waals surface area contributed by atoms with Crippen LogP contribution in [0.1, 0.15) is 30.7 Å². The molecule has 2 aliphatic rings. The summed E-state index contributed by atoms with van der Waals surface area (Å²) in [6, 6.07) is 6.29. The largest absolute Gasteiger partial charge is 0.459 e. The SMILES string of the molecule is O=C(C1=C[C@@H](c2ccc(F)cc2)C[C@@H](OCCCCO)O1)N1CC1. The summed E-state index contributed by atoms with van der Waals surface area (Å²) in [4.78, 5) is 14.0. The number of aliphatic hydroxyl groups is 1. The van der Waals surface area contributed by atoms with Gasteiger partial charge in [-0.2, -0.15) is 0 Å². The number of unbranched alkanes of at least 4 members (excludes halogenated alkanes) is 1. The normalized spacial score (nSPS) is 22.8. The number of aliphatic hydroxyl groups excluding tert-OH is 1. The monoisotopic (exact) mass is 335 g/mol. The third-order valence-corrected chi connectivity index (χ3v) is 4.16. The first-order valence-electron chi connectivity index (χ1n) is 8.33. The smallest absolute Gasteiger partial charge is 0.288 e. The number of benzene rings is 1. The summed E-state index contributed by atoms with van der Waals surface area (Å²) in [6.45, 7) is 2.10.